The third kappa shape index (κ3) is 2.14. The molecule has 0 spiro atoms. The highest BCUT2D eigenvalue weighted by Crippen LogP contribution is 2.25. The van der Waals surface area contributed by atoms with Crippen LogP contribution in [0.3, 0.4) is 0 Å². The first-order valence-electron chi connectivity index (χ1n) is 5.87. The van der Waals surface area contributed by atoms with Crippen LogP contribution in [-0.2, 0) is 6.54 Å². The molecular formula is C14H16N2O2. The summed E-state index contributed by atoms with van der Waals surface area (Å²) in [7, 11) is 1.65. The van der Waals surface area contributed by atoms with E-state index in [2.05, 4.69) is 5.10 Å². The fourth-order valence-corrected chi connectivity index (χ4v) is 1.96. The highest BCUT2D eigenvalue weighted by Gasteiger charge is 2.09. The number of aldehydes is 1. The van der Waals surface area contributed by atoms with Gasteiger partial charge in [0.2, 0.25) is 0 Å². The number of aryl methyl sites for hydroxylation is 2. The summed E-state index contributed by atoms with van der Waals surface area (Å²) in [5.41, 5.74) is 3.45. The summed E-state index contributed by atoms with van der Waals surface area (Å²) in [4.78, 5) is 10.9. The highest BCUT2D eigenvalue weighted by molar-refractivity contribution is 5.76. The second kappa shape index (κ2) is 5.04. The van der Waals surface area contributed by atoms with Gasteiger partial charge in [-0.05, 0) is 43.7 Å². The SMILES string of the molecule is CCn1nc(-c2ccc(OC)c(C)c2)cc1C=O. The standard InChI is InChI=1S/C14H16N2O2/c1-4-16-12(9-17)8-13(15-16)11-5-6-14(18-3)10(2)7-11/h5-9H,4H2,1-3H3. The number of benzene rings is 1. The molecule has 0 aliphatic heterocycles. The molecule has 0 saturated heterocycles. The summed E-state index contributed by atoms with van der Waals surface area (Å²) in [6.45, 7) is 4.63. The molecule has 2 rings (SSSR count). The van der Waals surface area contributed by atoms with E-state index in [-0.39, 0.29) is 0 Å². The zero-order valence-electron chi connectivity index (χ0n) is 10.8. The van der Waals surface area contributed by atoms with Gasteiger partial charge in [0.1, 0.15) is 11.4 Å². The molecule has 0 unspecified atom stereocenters. The summed E-state index contributed by atoms with van der Waals surface area (Å²) in [5.74, 6) is 0.851. The van der Waals surface area contributed by atoms with Crippen LogP contribution in [0, 0.1) is 6.92 Å². The molecule has 1 heterocycles. The normalized spacial score (nSPS) is 10.4. The van der Waals surface area contributed by atoms with Crippen molar-refractivity contribution in [3.63, 3.8) is 0 Å². The van der Waals surface area contributed by atoms with Crippen molar-refractivity contribution in [1.29, 1.82) is 0 Å². The van der Waals surface area contributed by atoms with Gasteiger partial charge in [0.15, 0.2) is 6.29 Å². The van der Waals surface area contributed by atoms with Gasteiger partial charge >= 0.3 is 0 Å². The minimum Gasteiger partial charge on any atom is -0.496 e. The molecular weight excluding hydrogens is 228 g/mol. The lowest BCUT2D eigenvalue weighted by Gasteiger charge is -2.05. The maximum absolute atomic E-state index is 10.9. The van der Waals surface area contributed by atoms with Crippen molar-refractivity contribution in [2.75, 3.05) is 7.11 Å². The molecule has 0 N–H and O–H groups in total. The lowest BCUT2D eigenvalue weighted by molar-refractivity contribution is 0.111. The molecule has 0 saturated carbocycles. The number of methoxy groups -OCH3 is 1. The van der Waals surface area contributed by atoms with Crippen molar-refractivity contribution in [3.05, 3.63) is 35.5 Å². The molecule has 18 heavy (non-hydrogen) atoms. The van der Waals surface area contributed by atoms with Gasteiger partial charge in [-0.3, -0.25) is 9.48 Å². The first kappa shape index (κ1) is 12.4. The summed E-state index contributed by atoms with van der Waals surface area (Å²) < 4.78 is 6.92. The molecule has 0 radical (unpaired) electrons. The van der Waals surface area contributed by atoms with E-state index >= 15 is 0 Å². The van der Waals surface area contributed by atoms with Crippen LogP contribution in [0.2, 0.25) is 0 Å². The van der Waals surface area contributed by atoms with Gasteiger partial charge in [-0.25, -0.2) is 0 Å². The fourth-order valence-electron chi connectivity index (χ4n) is 1.96. The second-order valence-corrected chi connectivity index (χ2v) is 4.07. The molecule has 4 heteroatoms. The predicted molar refractivity (Wildman–Crippen MR) is 70.0 cm³/mol. The first-order valence-corrected chi connectivity index (χ1v) is 5.87. The average Bonchev–Trinajstić information content (AvgIpc) is 2.81. The molecule has 4 nitrogen and oxygen atoms in total. The number of carbonyl (C=O) groups is 1. The molecule has 1 aromatic heterocycles. The van der Waals surface area contributed by atoms with E-state index in [4.69, 9.17) is 4.74 Å². The Balaban J connectivity index is 2.45. The zero-order valence-corrected chi connectivity index (χ0v) is 10.8. The van der Waals surface area contributed by atoms with Crippen molar-refractivity contribution >= 4 is 6.29 Å². The minimum atomic E-state index is 0.598. The van der Waals surface area contributed by atoms with E-state index in [9.17, 15) is 4.79 Å². The Bertz CT molecular complexity index is 573. The number of ether oxygens (including phenoxy) is 1. The van der Waals surface area contributed by atoms with Crippen LogP contribution in [0.4, 0.5) is 0 Å². The summed E-state index contributed by atoms with van der Waals surface area (Å²) in [6, 6.07) is 7.67. The lowest BCUT2D eigenvalue weighted by atomic mass is 10.1. The molecule has 0 aliphatic rings. The molecule has 0 bridgehead atoms. The topological polar surface area (TPSA) is 44.1 Å². The maximum atomic E-state index is 10.9. The van der Waals surface area contributed by atoms with E-state index in [1.54, 1.807) is 17.9 Å². The molecule has 0 aliphatic carbocycles. The Labute approximate surface area is 106 Å². The molecule has 0 atom stereocenters. The lowest BCUT2D eigenvalue weighted by Crippen LogP contribution is -2.01. The summed E-state index contributed by atoms with van der Waals surface area (Å²) in [5, 5.41) is 4.41. The third-order valence-electron chi connectivity index (χ3n) is 2.92. The first-order chi connectivity index (χ1) is 8.69. The van der Waals surface area contributed by atoms with Gasteiger partial charge in [0.05, 0.1) is 12.8 Å². The number of nitrogens with zero attached hydrogens (tertiary/aromatic N) is 2. The molecule has 2 aromatic rings. The Hall–Kier alpha value is -2.10. The van der Waals surface area contributed by atoms with Crippen LogP contribution in [0.25, 0.3) is 11.3 Å². The van der Waals surface area contributed by atoms with Gasteiger partial charge in [0.25, 0.3) is 0 Å². The highest BCUT2D eigenvalue weighted by atomic mass is 16.5. The second-order valence-electron chi connectivity index (χ2n) is 4.07. The number of carbonyl (C=O) groups excluding carboxylic acids is 1. The van der Waals surface area contributed by atoms with E-state index in [1.807, 2.05) is 32.0 Å². The van der Waals surface area contributed by atoms with Crippen LogP contribution in [0.1, 0.15) is 23.0 Å². The van der Waals surface area contributed by atoms with Gasteiger partial charge < -0.3 is 4.74 Å². The van der Waals surface area contributed by atoms with Gasteiger partial charge in [-0.2, -0.15) is 5.10 Å². The minimum absolute atomic E-state index is 0.598. The van der Waals surface area contributed by atoms with Crippen LogP contribution in [-0.4, -0.2) is 23.2 Å². The molecule has 0 fully saturated rings. The van der Waals surface area contributed by atoms with Gasteiger partial charge in [-0.15, -0.1) is 0 Å². The Morgan fingerprint density at radius 1 is 1.39 bits per heavy atom. The molecule has 94 valence electrons. The van der Waals surface area contributed by atoms with Crippen LogP contribution in [0.5, 0.6) is 5.75 Å². The number of rotatable bonds is 4. The smallest absolute Gasteiger partial charge is 0.168 e. The molecule has 0 amide bonds. The number of hydrogen-bond donors (Lipinski definition) is 0. The maximum Gasteiger partial charge on any atom is 0.168 e. The Morgan fingerprint density at radius 3 is 2.67 bits per heavy atom. The third-order valence-corrected chi connectivity index (χ3v) is 2.92. The zero-order chi connectivity index (χ0) is 13.1. The van der Waals surface area contributed by atoms with Crippen LogP contribution >= 0.6 is 0 Å². The predicted octanol–water partition coefficient (Wildman–Crippen LogP) is 2.70. The quantitative estimate of drug-likeness (QED) is 0.777. The van der Waals surface area contributed by atoms with Crippen LogP contribution in [0.15, 0.2) is 24.3 Å². The summed E-state index contributed by atoms with van der Waals surface area (Å²) >= 11 is 0. The fraction of sp³-hybridized carbons (Fsp3) is 0.286. The van der Waals surface area contributed by atoms with Gasteiger partial charge in [0, 0.05) is 12.1 Å². The van der Waals surface area contributed by atoms with E-state index in [1.165, 1.54) is 0 Å². The van der Waals surface area contributed by atoms with Crippen molar-refractivity contribution in [2.45, 2.75) is 20.4 Å². The van der Waals surface area contributed by atoms with E-state index in [0.29, 0.717) is 12.2 Å². The number of hydrogen-bond acceptors (Lipinski definition) is 3. The van der Waals surface area contributed by atoms with Gasteiger partial charge in [-0.1, -0.05) is 0 Å². The largest absolute Gasteiger partial charge is 0.496 e. The number of aromatic nitrogens is 2. The van der Waals surface area contributed by atoms with Crippen molar-refractivity contribution in [2.24, 2.45) is 0 Å². The Morgan fingerprint density at radius 2 is 2.17 bits per heavy atom. The Kier molecular flexibility index (Phi) is 3.46. The van der Waals surface area contributed by atoms with Crippen molar-refractivity contribution in [3.8, 4) is 17.0 Å². The summed E-state index contributed by atoms with van der Waals surface area (Å²) in [6.07, 6.45) is 0.830. The molecule has 1 aromatic carbocycles. The average molecular weight is 244 g/mol. The van der Waals surface area contributed by atoms with E-state index in [0.717, 1.165) is 28.9 Å². The monoisotopic (exact) mass is 244 g/mol. The van der Waals surface area contributed by atoms with Crippen LogP contribution < -0.4 is 4.74 Å². The van der Waals surface area contributed by atoms with Crippen molar-refractivity contribution < 1.29 is 9.53 Å². The van der Waals surface area contributed by atoms with Crippen molar-refractivity contribution in [1.82, 2.24) is 9.78 Å². The van der Waals surface area contributed by atoms with E-state index < -0.39 is 0 Å².